The number of halogens is 1. The smallest absolute Gasteiger partial charge is 0.239 e. The minimum absolute atomic E-state index is 0.0618. The van der Waals surface area contributed by atoms with Crippen LogP contribution in [-0.2, 0) is 10.5 Å². The second-order valence-corrected chi connectivity index (χ2v) is 9.52. The maximum atomic E-state index is 12.6. The fourth-order valence-electron chi connectivity index (χ4n) is 2.22. The van der Waals surface area contributed by atoms with Crippen molar-refractivity contribution in [2.24, 2.45) is 0 Å². The van der Waals surface area contributed by atoms with Crippen LogP contribution in [0, 0.1) is 0 Å². The lowest BCUT2D eigenvalue weighted by molar-refractivity contribution is -0.115. The average molecular weight is 436 g/mol. The van der Waals surface area contributed by atoms with Crippen LogP contribution in [0.5, 0.6) is 0 Å². The molecule has 140 valence electrons. The molecule has 0 saturated heterocycles. The summed E-state index contributed by atoms with van der Waals surface area (Å²) in [5.41, 5.74) is 1.23. The standard InChI is InChI=1S/C19H18ClN3OS3/c1-2-16(26-15-10-8-14(20)9-11-15)17(24)21-18-22-23-19(27-18)25-12-13-6-4-3-5-7-13/h3-11,16H,2,12H2,1H3,(H,21,22,24)/t16-/m0/s1. The number of hydrogen-bond donors (Lipinski definition) is 1. The van der Waals surface area contributed by atoms with E-state index in [1.165, 1.54) is 28.7 Å². The Balaban J connectivity index is 1.54. The Kier molecular flexibility index (Phi) is 7.58. The van der Waals surface area contributed by atoms with Crippen molar-refractivity contribution in [3.05, 3.63) is 65.2 Å². The van der Waals surface area contributed by atoms with Gasteiger partial charge in [-0.25, -0.2) is 0 Å². The van der Waals surface area contributed by atoms with E-state index >= 15 is 0 Å². The zero-order valence-electron chi connectivity index (χ0n) is 14.6. The molecule has 0 unspecified atom stereocenters. The van der Waals surface area contributed by atoms with Crippen molar-refractivity contribution in [3.8, 4) is 0 Å². The normalized spacial score (nSPS) is 11.9. The van der Waals surface area contributed by atoms with Crippen molar-refractivity contribution in [2.75, 3.05) is 5.32 Å². The molecule has 0 spiro atoms. The number of thioether (sulfide) groups is 2. The van der Waals surface area contributed by atoms with Crippen molar-refractivity contribution in [2.45, 2.75) is 33.6 Å². The van der Waals surface area contributed by atoms with Crippen LogP contribution < -0.4 is 5.32 Å². The summed E-state index contributed by atoms with van der Waals surface area (Å²) < 4.78 is 0.840. The molecule has 1 N–H and O–H groups in total. The van der Waals surface area contributed by atoms with E-state index < -0.39 is 0 Å². The number of carbonyl (C=O) groups is 1. The molecule has 1 amide bonds. The largest absolute Gasteiger partial charge is 0.300 e. The van der Waals surface area contributed by atoms with Crippen LogP contribution in [-0.4, -0.2) is 21.4 Å². The van der Waals surface area contributed by atoms with Gasteiger partial charge in [-0.1, -0.05) is 72.0 Å². The Bertz CT molecular complexity index is 871. The quantitative estimate of drug-likeness (QED) is 0.347. The molecule has 3 aromatic rings. The third-order valence-electron chi connectivity index (χ3n) is 3.60. The molecule has 3 rings (SSSR count). The minimum atomic E-state index is -0.199. The SMILES string of the molecule is CC[C@H](Sc1ccc(Cl)cc1)C(=O)Nc1nnc(SCc2ccccc2)s1. The molecular formula is C19H18ClN3OS3. The minimum Gasteiger partial charge on any atom is -0.300 e. The van der Waals surface area contributed by atoms with Gasteiger partial charge in [-0.15, -0.1) is 22.0 Å². The molecule has 0 fully saturated rings. The summed E-state index contributed by atoms with van der Waals surface area (Å²) in [4.78, 5) is 13.6. The highest BCUT2D eigenvalue weighted by Gasteiger charge is 2.19. The molecule has 0 aliphatic rings. The summed E-state index contributed by atoms with van der Waals surface area (Å²) in [5, 5.41) is 12.2. The van der Waals surface area contributed by atoms with Crippen LogP contribution in [0.3, 0.4) is 0 Å². The van der Waals surface area contributed by atoms with E-state index in [9.17, 15) is 4.79 Å². The number of benzene rings is 2. The van der Waals surface area contributed by atoms with Gasteiger partial charge in [0.2, 0.25) is 11.0 Å². The van der Waals surface area contributed by atoms with Crippen LogP contribution >= 0.6 is 46.5 Å². The van der Waals surface area contributed by atoms with Crippen LogP contribution in [0.25, 0.3) is 0 Å². The number of rotatable bonds is 8. The van der Waals surface area contributed by atoms with Gasteiger partial charge in [-0.3, -0.25) is 10.1 Å². The molecule has 0 bridgehead atoms. The summed E-state index contributed by atoms with van der Waals surface area (Å²) in [6.45, 7) is 1.99. The monoisotopic (exact) mass is 435 g/mol. The maximum Gasteiger partial charge on any atom is 0.239 e. The van der Waals surface area contributed by atoms with Gasteiger partial charge in [0.25, 0.3) is 0 Å². The van der Waals surface area contributed by atoms with Crippen molar-refractivity contribution in [1.29, 1.82) is 0 Å². The molecule has 1 aromatic heterocycles. The second-order valence-electron chi connectivity index (χ2n) is 5.61. The number of nitrogens with zero attached hydrogens (tertiary/aromatic N) is 2. The van der Waals surface area contributed by atoms with Gasteiger partial charge < -0.3 is 0 Å². The number of anilines is 1. The molecular weight excluding hydrogens is 418 g/mol. The van der Waals surface area contributed by atoms with E-state index in [0.717, 1.165) is 15.0 Å². The zero-order valence-corrected chi connectivity index (χ0v) is 17.8. The lowest BCUT2D eigenvalue weighted by Crippen LogP contribution is -2.24. The summed E-state index contributed by atoms with van der Waals surface area (Å²) in [6, 6.07) is 17.7. The molecule has 27 heavy (non-hydrogen) atoms. The first kappa shape index (κ1) is 20.2. The molecule has 0 aliphatic heterocycles. The van der Waals surface area contributed by atoms with Crippen molar-refractivity contribution >= 4 is 57.5 Å². The lowest BCUT2D eigenvalue weighted by Gasteiger charge is -2.13. The first-order valence-corrected chi connectivity index (χ1v) is 11.4. The predicted molar refractivity (Wildman–Crippen MR) is 116 cm³/mol. The molecule has 0 radical (unpaired) electrons. The van der Waals surface area contributed by atoms with Crippen LogP contribution in [0.2, 0.25) is 5.02 Å². The molecule has 4 nitrogen and oxygen atoms in total. The Morgan fingerprint density at radius 2 is 1.89 bits per heavy atom. The van der Waals surface area contributed by atoms with E-state index in [1.807, 2.05) is 49.4 Å². The highest BCUT2D eigenvalue weighted by atomic mass is 35.5. The first-order valence-electron chi connectivity index (χ1n) is 8.37. The van der Waals surface area contributed by atoms with Crippen molar-refractivity contribution < 1.29 is 4.79 Å². The van der Waals surface area contributed by atoms with Gasteiger partial charge in [0, 0.05) is 15.7 Å². The maximum absolute atomic E-state index is 12.6. The number of nitrogens with one attached hydrogen (secondary N) is 1. The van der Waals surface area contributed by atoms with E-state index in [0.29, 0.717) is 16.6 Å². The van der Waals surface area contributed by atoms with Gasteiger partial charge in [0.1, 0.15) is 0 Å². The number of amides is 1. The molecule has 1 heterocycles. The van der Waals surface area contributed by atoms with Gasteiger partial charge in [0.05, 0.1) is 5.25 Å². The Morgan fingerprint density at radius 3 is 2.59 bits per heavy atom. The van der Waals surface area contributed by atoms with Crippen LogP contribution in [0.4, 0.5) is 5.13 Å². The Hall–Kier alpha value is -1.54. The number of aromatic nitrogens is 2. The fraction of sp³-hybridized carbons (Fsp3) is 0.211. The molecule has 8 heteroatoms. The third kappa shape index (κ3) is 6.24. The molecule has 2 aromatic carbocycles. The molecule has 0 saturated carbocycles. The zero-order chi connectivity index (χ0) is 19.1. The summed E-state index contributed by atoms with van der Waals surface area (Å²) in [6.07, 6.45) is 0.716. The average Bonchev–Trinajstić information content (AvgIpc) is 3.14. The topological polar surface area (TPSA) is 54.9 Å². The number of carbonyl (C=O) groups excluding carboxylic acids is 1. The van der Waals surface area contributed by atoms with Gasteiger partial charge >= 0.3 is 0 Å². The second kappa shape index (κ2) is 10.1. The third-order valence-corrected chi connectivity index (χ3v) is 7.27. The molecule has 1 atom stereocenters. The highest BCUT2D eigenvalue weighted by molar-refractivity contribution is 8.00. The Morgan fingerprint density at radius 1 is 1.15 bits per heavy atom. The highest BCUT2D eigenvalue weighted by Crippen LogP contribution is 2.30. The van der Waals surface area contributed by atoms with Crippen LogP contribution in [0.1, 0.15) is 18.9 Å². The van der Waals surface area contributed by atoms with Gasteiger partial charge in [0.15, 0.2) is 4.34 Å². The van der Waals surface area contributed by atoms with Gasteiger partial charge in [-0.2, -0.15) is 0 Å². The predicted octanol–water partition coefficient (Wildman–Crippen LogP) is 5.99. The summed E-state index contributed by atoms with van der Waals surface area (Å²) in [7, 11) is 0. The summed E-state index contributed by atoms with van der Waals surface area (Å²) >= 11 is 10.4. The van der Waals surface area contributed by atoms with E-state index in [1.54, 1.807) is 11.8 Å². The first-order chi connectivity index (χ1) is 13.1. The number of hydrogen-bond acceptors (Lipinski definition) is 6. The van der Waals surface area contributed by atoms with Crippen LogP contribution in [0.15, 0.2) is 63.8 Å². The Labute approximate surface area is 176 Å². The summed E-state index contributed by atoms with van der Waals surface area (Å²) in [5.74, 6) is 0.765. The van der Waals surface area contributed by atoms with Crippen molar-refractivity contribution in [1.82, 2.24) is 10.2 Å². The lowest BCUT2D eigenvalue weighted by atomic mass is 10.2. The van der Waals surface area contributed by atoms with Gasteiger partial charge in [-0.05, 0) is 36.2 Å². The van der Waals surface area contributed by atoms with Crippen molar-refractivity contribution in [3.63, 3.8) is 0 Å². The van der Waals surface area contributed by atoms with E-state index in [2.05, 4.69) is 27.6 Å². The van der Waals surface area contributed by atoms with E-state index in [-0.39, 0.29) is 11.2 Å². The van der Waals surface area contributed by atoms with E-state index in [4.69, 9.17) is 11.6 Å². The molecule has 0 aliphatic carbocycles. The fourth-order valence-corrected chi connectivity index (χ4v) is 5.01.